The molecule has 1 N–H and O–H groups in total. The van der Waals surface area contributed by atoms with Crippen molar-refractivity contribution in [2.24, 2.45) is 4.99 Å². The number of hydrogen-bond donors (Lipinski definition) is 1. The number of halogens is 2. The van der Waals surface area contributed by atoms with Crippen molar-refractivity contribution < 1.29 is 9.13 Å². The van der Waals surface area contributed by atoms with Gasteiger partial charge in [0, 0.05) is 45.8 Å². The largest absolute Gasteiger partial charge is 0.381 e. The summed E-state index contributed by atoms with van der Waals surface area (Å²) >= 11 is 0. The monoisotopic (exact) mass is 511 g/mol. The molecule has 0 spiro atoms. The van der Waals surface area contributed by atoms with Crippen LogP contribution in [-0.2, 0) is 16.7 Å². The molecule has 2 aromatic rings. The van der Waals surface area contributed by atoms with Crippen molar-refractivity contribution in [2.75, 3.05) is 33.9 Å². The molecule has 0 aliphatic carbocycles. The van der Waals surface area contributed by atoms with Crippen LogP contribution < -0.4 is 5.32 Å². The predicted octanol–water partition coefficient (Wildman–Crippen LogP) is 4.51. The maximum Gasteiger partial charge on any atom is 0.193 e. The van der Waals surface area contributed by atoms with E-state index in [1.54, 1.807) is 19.2 Å². The van der Waals surface area contributed by atoms with E-state index in [4.69, 9.17) is 4.74 Å². The number of nitrogens with one attached hydrogen (secondary N) is 1. The molecule has 29 heavy (non-hydrogen) atoms. The number of aliphatic imine (C=N–C) groups is 1. The second-order valence-corrected chi connectivity index (χ2v) is 7.59. The molecular formula is C23H31FIN3O. The quantitative estimate of drug-likeness (QED) is 0.365. The van der Waals surface area contributed by atoms with Crippen LogP contribution in [0, 0.1) is 12.7 Å². The molecule has 2 aromatic carbocycles. The summed E-state index contributed by atoms with van der Waals surface area (Å²) in [5, 5.41) is 3.54. The molecule has 1 aliphatic rings. The number of hydrogen-bond acceptors (Lipinski definition) is 2. The first kappa shape index (κ1) is 23.6. The van der Waals surface area contributed by atoms with Crippen LogP contribution >= 0.6 is 24.0 Å². The van der Waals surface area contributed by atoms with Gasteiger partial charge < -0.3 is 15.0 Å². The smallest absolute Gasteiger partial charge is 0.193 e. The summed E-state index contributed by atoms with van der Waals surface area (Å²) in [5.41, 5.74) is 3.42. The van der Waals surface area contributed by atoms with Crippen LogP contribution in [0.15, 0.2) is 53.5 Å². The standard InChI is InChI=1S/C23H30FN3O.HI/c1-18-7-4-5-8-19(18)16-27(3)22(25-2)26-17-23(11-13-28-14-12-23)20-9-6-10-21(24)15-20;/h4-10,15H,11-14,16-17H2,1-3H3,(H,25,26);1H. The highest BCUT2D eigenvalue weighted by Gasteiger charge is 2.35. The third-order valence-electron chi connectivity index (χ3n) is 5.71. The lowest BCUT2D eigenvalue weighted by Gasteiger charge is -2.39. The van der Waals surface area contributed by atoms with Crippen LogP contribution in [0.5, 0.6) is 0 Å². The van der Waals surface area contributed by atoms with Crippen molar-refractivity contribution in [3.8, 4) is 0 Å². The second kappa shape index (κ2) is 10.9. The van der Waals surface area contributed by atoms with Gasteiger partial charge >= 0.3 is 0 Å². The lowest BCUT2D eigenvalue weighted by Crippen LogP contribution is -2.48. The Morgan fingerprint density at radius 2 is 1.90 bits per heavy atom. The number of ether oxygens (including phenoxy) is 1. The Hall–Kier alpha value is -1.67. The van der Waals surface area contributed by atoms with Gasteiger partial charge in [-0.25, -0.2) is 4.39 Å². The van der Waals surface area contributed by atoms with E-state index >= 15 is 0 Å². The Labute approximate surface area is 190 Å². The first-order valence-corrected chi connectivity index (χ1v) is 9.84. The van der Waals surface area contributed by atoms with Gasteiger partial charge in [0.05, 0.1) is 0 Å². The van der Waals surface area contributed by atoms with Gasteiger partial charge in [0.25, 0.3) is 0 Å². The van der Waals surface area contributed by atoms with Crippen molar-refractivity contribution in [1.29, 1.82) is 0 Å². The highest BCUT2D eigenvalue weighted by atomic mass is 127. The molecule has 0 amide bonds. The molecule has 158 valence electrons. The van der Waals surface area contributed by atoms with Crippen LogP contribution in [0.3, 0.4) is 0 Å². The van der Waals surface area contributed by atoms with E-state index in [0.29, 0.717) is 19.8 Å². The minimum Gasteiger partial charge on any atom is -0.381 e. The van der Waals surface area contributed by atoms with Crippen molar-refractivity contribution in [3.63, 3.8) is 0 Å². The van der Waals surface area contributed by atoms with Gasteiger partial charge in [-0.2, -0.15) is 0 Å². The Bertz CT molecular complexity index is 821. The third kappa shape index (κ3) is 5.92. The average Bonchev–Trinajstić information content (AvgIpc) is 2.71. The molecule has 1 aliphatic heterocycles. The van der Waals surface area contributed by atoms with Gasteiger partial charge in [-0.3, -0.25) is 4.99 Å². The molecule has 3 rings (SSSR count). The van der Waals surface area contributed by atoms with E-state index in [2.05, 4.69) is 46.4 Å². The summed E-state index contributed by atoms with van der Waals surface area (Å²) < 4.78 is 19.5. The van der Waals surface area contributed by atoms with Crippen LogP contribution in [0.2, 0.25) is 0 Å². The maximum absolute atomic E-state index is 13.9. The molecule has 6 heteroatoms. The average molecular weight is 511 g/mol. The van der Waals surface area contributed by atoms with E-state index in [-0.39, 0.29) is 35.2 Å². The topological polar surface area (TPSA) is 36.9 Å². The number of guanidine groups is 1. The Kier molecular flexibility index (Phi) is 8.89. The second-order valence-electron chi connectivity index (χ2n) is 7.59. The zero-order valence-electron chi connectivity index (χ0n) is 17.5. The van der Waals surface area contributed by atoms with Crippen molar-refractivity contribution in [3.05, 3.63) is 71.0 Å². The molecule has 0 bridgehead atoms. The van der Waals surface area contributed by atoms with E-state index in [0.717, 1.165) is 30.9 Å². The molecule has 4 nitrogen and oxygen atoms in total. The van der Waals surface area contributed by atoms with E-state index in [1.165, 1.54) is 17.2 Å². The van der Waals surface area contributed by atoms with Crippen molar-refractivity contribution in [1.82, 2.24) is 10.2 Å². The SMILES string of the molecule is CN=C(NCC1(c2cccc(F)c2)CCOCC1)N(C)Cc1ccccc1C.I. The normalized spacial score (nSPS) is 16.1. The lowest BCUT2D eigenvalue weighted by molar-refractivity contribution is 0.0511. The number of rotatable bonds is 5. The Morgan fingerprint density at radius 3 is 2.55 bits per heavy atom. The van der Waals surface area contributed by atoms with Gasteiger partial charge in [0.2, 0.25) is 0 Å². The number of benzene rings is 2. The van der Waals surface area contributed by atoms with E-state index in [9.17, 15) is 4.39 Å². The molecule has 0 saturated carbocycles. The summed E-state index contributed by atoms with van der Waals surface area (Å²) in [6, 6.07) is 15.4. The number of nitrogens with zero attached hydrogens (tertiary/aromatic N) is 2. The van der Waals surface area contributed by atoms with Gasteiger partial charge in [-0.05, 0) is 48.6 Å². The maximum atomic E-state index is 13.9. The summed E-state index contributed by atoms with van der Waals surface area (Å²) in [6.07, 6.45) is 1.73. The molecule has 1 saturated heterocycles. The number of aryl methyl sites for hydroxylation is 1. The molecular weight excluding hydrogens is 480 g/mol. The first-order chi connectivity index (χ1) is 13.5. The summed E-state index contributed by atoms with van der Waals surface area (Å²) in [7, 11) is 3.84. The van der Waals surface area contributed by atoms with E-state index in [1.807, 2.05) is 13.1 Å². The fourth-order valence-electron chi connectivity index (χ4n) is 3.90. The van der Waals surface area contributed by atoms with Crippen molar-refractivity contribution in [2.45, 2.75) is 31.7 Å². The summed E-state index contributed by atoms with van der Waals surface area (Å²) in [5.74, 6) is 0.648. The van der Waals surface area contributed by atoms with Crippen LogP contribution in [0.25, 0.3) is 0 Å². The predicted molar refractivity (Wildman–Crippen MR) is 128 cm³/mol. The van der Waals surface area contributed by atoms with Gasteiger partial charge in [-0.15, -0.1) is 24.0 Å². The zero-order valence-corrected chi connectivity index (χ0v) is 19.8. The van der Waals surface area contributed by atoms with Crippen LogP contribution in [-0.4, -0.2) is 44.7 Å². The Morgan fingerprint density at radius 1 is 1.17 bits per heavy atom. The minimum atomic E-state index is -0.190. The van der Waals surface area contributed by atoms with Gasteiger partial charge in [0.1, 0.15) is 5.82 Å². The minimum absolute atomic E-state index is 0. The highest BCUT2D eigenvalue weighted by Crippen LogP contribution is 2.34. The van der Waals surface area contributed by atoms with Gasteiger partial charge in [0.15, 0.2) is 5.96 Å². The van der Waals surface area contributed by atoms with Gasteiger partial charge in [-0.1, -0.05) is 36.4 Å². The molecule has 1 fully saturated rings. The fraction of sp³-hybridized carbons (Fsp3) is 0.435. The van der Waals surface area contributed by atoms with Crippen LogP contribution in [0.1, 0.15) is 29.5 Å². The fourth-order valence-corrected chi connectivity index (χ4v) is 3.90. The Balaban J connectivity index is 0.00000300. The van der Waals surface area contributed by atoms with Crippen LogP contribution in [0.4, 0.5) is 4.39 Å². The molecule has 0 atom stereocenters. The molecule has 0 aromatic heterocycles. The third-order valence-corrected chi connectivity index (χ3v) is 5.71. The highest BCUT2D eigenvalue weighted by molar-refractivity contribution is 14.0. The zero-order chi connectivity index (χ0) is 20.0. The molecule has 1 heterocycles. The molecule has 0 unspecified atom stereocenters. The first-order valence-electron chi connectivity index (χ1n) is 9.84. The van der Waals surface area contributed by atoms with Crippen molar-refractivity contribution >= 4 is 29.9 Å². The summed E-state index contributed by atoms with van der Waals surface area (Å²) in [4.78, 5) is 6.59. The lowest BCUT2D eigenvalue weighted by atomic mass is 9.74. The molecule has 0 radical (unpaired) electrons. The van der Waals surface area contributed by atoms with E-state index < -0.39 is 0 Å². The summed E-state index contributed by atoms with van der Waals surface area (Å²) in [6.45, 7) is 4.99.